The molecule has 136 valence electrons. The zero-order chi connectivity index (χ0) is 16.7. The third-order valence-electron chi connectivity index (χ3n) is 4.72. The van der Waals surface area contributed by atoms with E-state index in [4.69, 9.17) is 5.73 Å². The first-order valence-electron chi connectivity index (χ1n) is 9.26. The summed E-state index contributed by atoms with van der Waals surface area (Å²) in [7, 11) is 0. The normalized spacial score (nSPS) is 12.3. The molecule has 0 rings (SSSR count). The summed E-state index contributed by atoms with van der Waals surface area (Å²) >= 11 is 0. The highest BCUT2D eigenvalue weighted by Gasteiger charge is 2.31. The Bertz CT molecular complexity index is 288. The van der Waals surface area contributed by atoms with Crippen LogP contribution in [0.5, 0.6) is 0 Å². The van der Waals surface area contributed by atoms with Gasteiger partial charge in [-0.15, -0.1) is 32.1 Å². The van der Waals surface area contributed by atoms with Crippen molar-refractivity contribution in [1.82, 2.24) is 0 Å². The van der Waals surface area contributed by atoms with Gasteiger partial charge in [0.2, 0.25) is 0 Å². The minimum Gasteiger partial charge on any atom is -0.324 e. The second kappa shape index (κ2) is 16.3. The smallest absolute Gasteiger partial charge is 0.0255 e. The Morgan fingerprint density at radius 2 is 1.30 bits per heavy atom. The Morgan fingerprint density at radius 3 is 1.74 bits per heavy atom. The molecule has 0 aromatic rings. The van der Waals surface area contributed by atoms with E-state index in [1.807, 2.05) is 18.2 Å². The standard InChI is InChI=1S/C21H39N.ClH/c1-5-9-10-11-12-13-14-15-17-20(16-6-2)21(22,18-7-3)19-8-4;/h6-8,20H,2-5,9-19,22H2,1H3;1H. The molecule has 0 radical (unpaired) electrons. The van der Waals surface area contributed by atoms with Crippen LogP contribution in [0.2, 0.25) is 0 Å². The lowest BCUT2D eigenvalue weighted by molar-refractivity contribution is 0.252. The number of hydrogen-bond acceptors (Lipinski definition) is 1. The molecule has 23 heavy (non-hydrogen) atoms. The van der Waals surface area contributed by atoms with Crippen molar-refractivity contribution in [3.63, 3.8) is 0 Å². The van der Waals surface area contributed by atoms with Gasteiger partial charge in [0.05, 0.1) is 0 Å². The van der Waals surface area contributed by atoms with Gasteiger partial charge in [0.25, 0.3) is 0 Å². The highest BCUT2D eigenvalue weighted by Crippen LogP contribution is 2.31. The third-order valence-corrected chi connectivity index (χ3v) is 4.72. The molecule has 1 unspecified atom stereocenters. The van der Waals surface area contributed by atoms with Crippen LogP contribution in [0.25, 0.3) is 0 Å². The molecular weight excluding hydrogens is 302 g/mol. The molecule has 0 aliphatic heterocycles. The number of nitrogens with two attached hydrogens (primary N) is 1. The van der Waals surface area contributed by atoms with Crippen LogP contribution in [0, 0.1) is 5.92 Å². The Labute approximate surface area is 151 Å². The second-order valence-corrected chi connectivity index (χ2v) is 6.70. The van der Waals surface area contributed by atoms with Crippen LogP contribution < -0.4 is 5.73 Å². The first-order valence-corrected chi connectivity index (χ1v) is 9.26. The van der Waals surface area contributed by atoms with Crippen molar-refractivity contribution in [1.29, 1.82) is 0 Å². The quantitative estimate of drug-likeness (QED) is 0.238. The first-order chi connectivity index (χ1) is 10.6. The fourth-order valence-corrected chi connectivity index (χ4v) is 3.32. The summed E-state index contributed by atoms with van der Waals surface area (Å²) < 4.78 is 0. The second-order valence-electron chi connectivity index (χ2n) is 6.70. The van der Waals surface area contributed by atoms with Gasteiger partial charge in [-0.3, -0.25) is 0 Å². The molecule has 0 aromatic heterocycles. The molecule has 1 nitrogen and oxygen atoms in total. The maximum Gasteiger partial charge on any atom is 0.0255 e. The van der Waals surface area contributed by atoms with E-state index in [1.54, 1.807) is 0 Å². The van der Waals surface area contributed by atoms with E-state index >= 15 is 0 Å². The monoisotopic (exact) mass is 341 g/mol. The number of unbranched alkanes of at least 4 members (excludes halogenated alkanes) is 7. The van der Waals surface area contributed by atoms with Crippen molar-refractivity contribution >= 4 is 12.4 Å². The number of hydrogen-bond donors (Lipinski definition) is 1. The van der Waals surface area contributed by atoms with Gasteiger partial charge >= 0.3 is 0 Å². The average molecular weight is 342 g/mol. The van der Waals surface area contributed by atoms with E-state index in [0.29, 0.717) is 5.92 Å². The topological polar surface area (TPSA) is 26.0 Å². The van der Waals surface area contributed by atoms with Gasteiger partial charge in [-0.25, -0.2) is 0 Å². The first kappa shape index (κ1) is 24.7. The summed E-state index contributed by atoms with van der Waals surface area (Å²) in [6.07, 6.45) is 20.7. The fourth-order valence-electron chi connectivity index (χ4n) is 3.32. The Kier molecular flexibility index (Phi) is 17.6. The van der Waals surface area contributed by atoms with Crippen LogP contribution in [0.4, 0.5) is 0 Å². The zero-order valence-corrected chi connectivity index (χ0v) is 16.2. The third kappa shape index (κ3) is 11.6. The molecule has 2 N–H and O–H groups in total. The molecule has 0 saturated heterocycles. The van der Waals surface area contributed by atoms with E-state index in [0.717, 1.165) is 19.3 Å². The predicted octanol–water partition coefficient (Wildman–Crippen LogP) is 6.98. The van der Waals surface area contributed by atoms with E-state index in [9.17, 15) is 0 Å². The van der Waals surface area contributed by atoms with E-state index < -0.39 is 0 Å². The number of rotatable bonds is 16. The largest absolute Gasteiger partial charge is 0.324 e. The van der Waals surface area contributed by atoms with Crippen molar-refractivity contribution in [2.24, 2.45) is 11.7 Å². The Morgan fingerprint density at radius 1 is 0.826 bits per heavy atom. The molecule has 0 heterocycles. The van der Waals surface area contributed by atoms with Gasteiger partial charge in [0.15, 0.2) is 0 Å². The van der Waals surface area contributed by atoms with E-state index in [-0.39, 0.29) is 17.9 Å². The lowest BCUT2D eigenvalue weighted by atomic mass is 9.75. The summed E-state index contributed by atoms with van der Waals surface area (Å²) in [6.45, 7) is 13.9. The highest BCUT2D eigenvalue weighted by molar-refractivity contribution is 5.85. The molecule has 0 fully saturated rings. The zero-order valence-electron chi connectivity index (χ0n) is 15.4. The minimum atomic E-state index is -0.196. The van der Waals surface area contributed by atoms with Gasteiger partial charge in [-0.1, -0.05) is 76.5 Å². The summed E-state index contributed by atoms with van der Waals surface area (Å²) in [6, 6.07) is 0. The molecular formula is C21H40ClN. The summed E-state index contributed by atoms with van der Waals surface area (Å²) in [4.78, 5) is 0. The molecule has 0 bridgehead atoms. The molecule has 2 heteroatoms. The van der Waals surface area contributed by atoms with Crippen molar-refractivity contribution < 1.29 is 0 Å². The molecule has 0 amide bonds. The number of allylic oxidation sites excluding steroid dienone is 1. The van der Waals surface area contributed by atoms with Gasteiger partial charge < -0.3 is 5.73 Å². The van der Waals surface area contributed by atoms with E-state index in [1.165, 1.54) is 57.8 Å². The van der Waals surface area contributed by atoms with Gasteiger partial charge in [-0.2, -0.15) is 0 Å². The van der Waals surface area contributed by atoms with Crippen LogP contribution in [0.15, 0.2) is 38.0 Å². The highest BCUT2D eigenvalue weighted by atomic mass is 35.5. The summed E-state index contributed by atoms with van der Waals surface area (Å²) in [5.74, 6) is 0.487. The lowest BCUT2D eigenvalue weighted by Crippen LogP contribution is -2.46. The van der Waals surface area contributed by atoms with Crippen LogP contribution >= 0.6 is 12.4 Å². The molecule has 0 aliphatic rings. The van der Waals surface area contributed by atoms with Gasteiger partial charge in [-0.05, 0) is 31.6 Å². The van der Waals surface area contributed by atoms with Crippen LogP contribution in [0.3, 0.4) is 0 Å². The van der Waals surface area contributed by atoms with Crippen molar-refractivity contribution in [2.45, 2.75) is 89.5 Å². The molecule has 0 aromatic carbocycles. The Hall–Kier alpha value is -0.530. The van der Waals surface area contributed by atoms with E-state index in [2.05, 4.69) is 26.7 Å². The van der Waals surface area contributed by atoms with Gasteiger partial charge in [0.1, 0.15) is 0 Å². The predicted molar refractivity (Wildman–Crippen MR) is 109 cm³/mol. The maximum absolute atomic E-state index is 6.65. The molecule has 0 spiro atoms. The molecule has 1 atom stereocenters. The summed E-state index contributed by atoms with van der Waals surface area (Å²) in [5, 5.41) is 0. The summed E-state index contributed by atoms with van der Waals surface area (Å²) in [5.41, 5.74) is 6.46. The number of halogens is 1. The maximum atomic E-state index is 6.65. The molecule has 0 aliphatic carbocycles. The van der Waals surface area contributed by atoms with Crippen molar-refractivity contribution in [3.05, 3.63) is 38.0 Å². The van der Waals surface area contributed by atoms with Crippen molar-refractivity contribution in [2.75, 3.05) is 0 Å². The Balaban J connectivity index is 0. The SMILES string of the molecule is C=CCC(CCCCCCCCCC)C(N)(CC=C)CC=C.Cl. The van der Waals surface area contributed by atoms with Crippen LogP contribution in [0.1, 0.15) is 84.0 Å². The van der Waals surface area contributed by atoms with Crippen molar-refractivity contribution in [3.8, 4) is 0 Å². The lowest BCUT2D eigenvalue weighted by Gasteiger charge is -2.36. The minimum absolute atomic E-state index is 0. The van der Waals surface area contributed by atoms with Crippen LogP contribution in [-0.4, -0.2) is 5.54 Å². The average Bonchev–Trinajstić information content (AvgIpc) is 2.49. The fraction of sp³-hybridized carbons (Fsp3) is 0.714. The molecule has 0 saturated carbocycles. The van der Waals surface area contributed by atoms with Gasteiger partial charge in [0, 0.05) is 5.54 Å². The van der Waals surface area contributed by atoms with Crippen LogP contribution in [-0.2, 0) is 0 Å².